The molecule has 0 unspecified atom stereocenters. The summed E-state index contributed by atoms with van der Waals surface area (Å²) in [4.78, 5) is 12.0. The number of benzene rings is 2. The topological polar surface area (TPSA) is 26.3 Å². The van der Waals surface area contributed by atoms with Gasteiger partial charge in [0.15, 0.2) is 5.78 Å². The Balaban J connectivity index is 1.82. The minimum atomic E-state index is 0.0315. The van der Waals surface area contributed by atoms with Crippen LogP contribution in [0.25, 0.3) is 0 Å². The Morgan fingerprint density at radius 3 is 2.30 bits per heavy atom. The standard InChI is InChI=1S/C18H20O2/c1-2-6-15-9-11-17(12-10-15)18(19)14-20-13-16-7-4-3-5-8-16/h3-5,7-12H,2,6,13-14H2,1H3. The van der Waals surface area contributed by atoms with Gasteiger partial charge in [-0.05, 0) is 17.5 Å². The molecule has 0 aliphatic carbocycles. The van der Waals surface area contributed by atoms with Gasteiger partial charge in [0.25, 0.3) is 0 Å². The quantitative estimate of drug-likeness (QED) is 0.708. The molecule has 0 N–H and O–H groups in total. The Morgan fingerprint density at radius 1 is 0.950 bits per heavy atom. The van der Waals surface area contributed by atoms with Gasteiger partial charge in [-0.15, -0.1) is 0 Å². The van der Waals surface area contributed by atoms with E-state index in [0.29, 0.717) is 6.61 Å². The molecule has 0 bridgehead atoms. The van der Waals surface area contributed by atoms with E-state index in [2.05, 4.69) is 6.92 Å². The van der Waals surface area contributed by atoms with Crippen LogP contribution in [0.3, 0.4) is 0 Å². The van der Waals surface area contributed by atoms with Crippen molar-refractivity contribution in [1.29, 1.82) is 0 Å². The fourth-order valence-corrected chi connectivity index (χ4v) is 2.07. The fraction of sp³-hybridized carbons (Fsp3) is 0.278. The van der Waals surface area contributed by atoms with Crippen molar-refractivity contribution in [2.75, 3.05) is 6.61 Å². The first-order chi connectivity index (χ1) is 9.79. The maximum atomic E-state index is 12.0. The lowest BCUT2D eigenvalue weighted by molar-refractivity contribution is 0.0726. The van der Waals surface area contributed by atoms with Crippen molar-refractivity contribution in [1.82, 2.24) is 0 Å². The molecule has 0 saturated heterocycles. The summed E-state index contributed by atoms with van der Waals surface area (Å²) in [6, 6.07) is 17.7. The molecule has 0 aromatic heterocycles. The zero-order valence-corrected chi connectivity index (χ0v) is 11.8. The number of ketones is 1. The van der Waals surface area contributed by atoms with Crippen LogP contribution in [0.15, 0.2) is 54.6 Å². The van der Waals surface area contributed by atoms with Crippen LogP contribution in [-0.2, 0) is 17.8 Å². The summed E-state index contributed by atoms with van der Waals surface area (Å²) in [6.45, 7) is 2.75. The van der Waals surface area contributed by atoms with Crippen LogP contribution < -0.4 is 0 Å². The van der Waals surface area contributed by atoms with Gasteiger partial charge in [-0.3, -0.25) is 4.79 Å². The monoisotopic (exact) mass is 268 g/mol. The molecule has 0 spiro atoms. The lowest BCUT2D eigenvalue weighted by Gasteiger charge is -2.05. The van der Waals surface area contributed by atoms with Gasteiger partial charge in [0.05, 0.1) is 6.61 Å². The van der Waals surface area contributed by atoms with Crippen molar-refractivity contribution in [3.05, 3.63) is 71.3 Å². The summed E-state index contributed by atoms with van der Waals surface area (Å²) in [6.07, 6.45) is 2.17. The third kappa shape index (κ3) is 4.32. The molecule has 0 aliphatic heterocycles. The third-order valence-electron chi connectivity index (χ3n) is 3.16. The number of hydrogen-bond acceptors (Lipinski definition) is 2. The maximum Gasteiger partial charge on any atom is 0.188 e. The zero-order valence-electron chi connectivity index (χ0n) is 11.8. The minimum absolute atomic E-state index is 0.0315. The van der Waals surface area contributed by atoms with E-state index >= 15 is 0 Å². The number of rotatable bonds is 7. The number of ether oxygens (including phenoxy) is 1. The van der Waals surface area contributed by atoms with Crippen molar-refractivity contribution < 1.29 is 9.53 Å². The Labute approximate surface area is 120 Å². The molecule has 0 radical (unpaired) electrons. The van der Waals surface area contributed by atoms with Crippen LogP contribution in [0, 0.1) is 0 Å². The largest absolute Gasteiger partial charge is 0.369 e. The second-order valence-corrected chi connectivity index (χ2v) is 4.85. The lowest BCUT2D eigenvalue weighted by atomic mass is 10.1. The second kappa shape index (κ2) is 7.61. The van der Waals surface area contributed by atoms with Crippen LogP contribution in [-0.4, -0.2) is 12.4 Å². The average molecular weight is 268 g/mol. The summed E-state index contributed by atoms with van der Waals surface area (Å²) in [5.74, 6) is 0.0315. The van der Waals surface area contributed by atoms with Gasteiger partial charge in [0.2, 0.25) is 0 Å². The number of Topliss-reactive ketones (excluding diaryl/α,β-unsaturated/α-hetero) is 1. The zero-order chi connectivity index (χ0) is 14.2. The molecule has 0 atom stereocenters. The molecule has 2 aromatic rings. The first-order valence-corrected chi connectivity index (χ1v) is 7.03. The normalized spacial score (nSPS) is 10.4. The predicted octanol–water partition coefficient (Wildman–Crippen LogP) is 4.04. The highest BCUT2D eigenvalue weighted by Crippen LogP contribution is 2.08. The predicted molar refractivity (Wildman–Crippen MR) is 80.9 cm³/mol. The van der Waals surface area contributed by atoms with Crippen molar-refractivity contribution >= 4 is 5.78 Å². The summed E-state index contributed by atoms with van der Waals surface area (Å²) in [5, 5.41) is 0. The van der Waals surface area contributed by atoms with Crippen molar-refractivity contribution in [3.63, 3.8) is 0 Å². The van der Waals surface area contributed by atoms with E-state index in [1.165, 1.54) is 5.56 Å². The Morgan fingerprint density at radius 2 is 1.65 bits per heavy atom. The SMILES string of the molecule is CCCc1ccc(C(=O)COCc2ccccc2)cc1. The molecule has 2 rings (SSSR count). The van der Waals surface area contributed by atoms with E-state index in [1.807, 2.05) is 54.6 Å². The summed E-state index contributed by atoms with van der Waals surface area (Å²) in [7, 11) is 0. The first kappa shape index (κ1) is 14.5. The molecular formula is C18H20O2. The van der Waals surface area contributed by atoms with Gasteiger partial charge in [-0.25, -0.2) is 0 Å². The average Bonchev–Trinajstić information content (AvgIpc) is 2.49. The van der Waals surface area contributed by atoms with Gasteiger partial charge >= 0.3 is 0 Å². The Bertz CT molecular complexity index is 529. The molecule has 2 nitrogen and oxygen atoms in total. The van der Waals surface area contributed by atoms with Crippen molar-refractivity contribution in [2.45, 2.75) is 26.4 Å². The van der Waals surface area contributed by atoms with Crippen LogP contribution in [0.2, 0.25) is 0 Å². The fourth-order valence-electron chi connectivity index (χ4n) is 2.07. The van der Waals surface area contributed by atoms with Crippen molar-refractivity contribution in [2.24, 2.45) is 0 Å². The van der Waals surface area contributed by atoms with Crippen LogP contribution in [0.5, 0.6) is 0 Å². The van der Waals surface area contributed by atoms with Gasteiger partial charge in [-0.2, -0.15) is 0 Å². The number of carbonyl (C=O) groups excluding carboxylic acids is 1. The molecule has 2 heteroatoms. The molecule has 2 aromatic carbocycles. The smallest absolute Gasteiger partial charge is 0.188 e. The number of aryl methyl sites for hydroxylation is 1. The van der Waals surface area contributed by atoms with E-state index in [-0.39, 0.29) is 12.4 Å². The van der Waals surface area contributed by atoms with Gasteiger partial charge < -0.3 is 4.74 Å². The Hall–Kier alpha value is -1.93. The molecule has 0 heterocycles. The lowest BCUT2D eigenvalue weighted by Crippen LogP contribution is -2.09. The third-order valence-corrected chi connectivity index (χ3v) is 3.16. The van der Waals surface area contributed by atoms with Crippen LogP contribution in [0.1, 0.15) is 34.8 Å². The number of hydrogen-bond donors (Lipinski definition) is 0. The molecule has 0 saturated carbocycles. The molecule has 104 valence electrons. The summed E-state index contributed by atoms with van der Waals surface area (Å²) >= 11 is 0. The minimum Gasteiger partial charge on any atom is -0.369 e. The maximum absolute atomic E-state index is 12.0. The molecule has 0 fully saturated rings. The highest BCUT2D eigenvalue weighted by atomic mass is 16.5. The van der Waals surface area contributed by atoms with Crippen LogP contribution in [0.4, 0.5) is 0 Å². The van der Waals surface area contributed by atoms with E-state index in [9.17, 15) is 4.79 Å². The van der Waals surface area contributed by atoms with Gasteiger partial charge in [0.1, 0.15) is 6.61 Å². The number of carbonyl (C=O) groups is 1. The first-order valence-electron chi connectivity index (χ1n) is 7.03. The van der Waals surface area contributed by atoms with E-state index < -0.39 is 0 Å². The molecule has 0 aliphatic rings. The van der Waals surface area contributed by atoms with Crippen LogP contribution >= 0.6 is 0 Å². The second-order valence-electron chi connectivity index (χ2n) is 4.85. The summed E-state index contributed by atoms with van der Waals surface area (Å²) < 4.78 is 5.46. The van der Waals surface area contributed by atoms with Crippen molar-refractivity contribution in [3.8, 4) is 0 Å². The van der Waals surface area contributed by atoms with Gasteiger partial charge in [-0.1, -0.05) is 67.9 Å². The molecule has 20 heavy (non-hydrogen) atoms. The van der Waals surface area contributed by atoms with Gasteiger partial charge in [0, 0.05) is 5.56 Å². The van der Waals surface area contributed by atoms with E-state index in [1.54, 1.807) is 0 Å². The van der Waals surface area contributed by atoms with E-state index in [4.69, 9.17) is 4.74 Å². The Kier molecular flexibility index (Phi) is 5.51. The summed E-state index contributed by atoms with van der Waals surface area (Å²) in [5.41, 5.74) is 3.07. The highest BCUT2D eigenvalue weighted by Gasteiger charge is 2.06. The van der Waals surface area contributed by atoms with E-state index in [0.717, 1.165) is 24.0 Å². The molecule has 0 amide bonds. The molecular weight excluding hydrogens is 248 g/mol. The highest BCUT2D eigenvalue weighted by molar-refractivity contribution is 5.97.